The van der Waals surface area contributed by atoms with Crippen molar-refractivity contribution >= 4 is 5.91 Å². The van der Waals surface area contributed by atoms with E-state index in [1.54, 1.807) is 17.0 Å². The summed E-state index contributed by atoms with van der Waals surface area (Å²) >= 11 is 0. The highest BCUT2D eigenvalue weighted by Crippen LogP contribution is 2.16. The molecule has 22 heavy (non-hydrogen) atoms. The second-order valence-corrected chi connectivity index (χ2v) is 6.04. The number of hydrogen-bond donors (Lipinski definition) is 0. The predicted molar refractivity (Wildman–Crippen MR) is 85.2 cm³/mol. The molecule has 1 saturated heterocycles. The summed E-state index contributed by atoms with van der Waals surface area (Å²) in [5, 5.41) is 0. The number of carbonyl (C=O) groups is 1. The first-order valence-electron chi connectivity index (χ1n) is 8.26. The summed E-state index contributed by atoms with van der Waals surface area (Å²) in [5.74, 6) is -0.0510. The van der Waals surface area contributed by atoms with E-state index in [9.17, 15) is 9.18 Å². The number of aryl methyl sites for hydroxylation is 1. The van der Waals surface area contributed by atoms with Crippen LogP contribution in [0.5, 0.6) is 0 Å². The molecule has 0 bridgehead atoms. The summed E-state index contributed by atoms with van der Waals surface area (Å²) in [7, 11) is 1.84. The zero-order valence-electron chi connectivity index (χ0n) is 13.4. The summed E-state index contributed by atoms with van der Waals surface area (Å²) in [6.45, 7) is 1.59. The first kappa shape index (κ1) is 16.9. The molecule has 1 aromatic carbocycles. The average Bonchev–Trinajstić information content (AvgIpc) is 2.55. The van der Waals surface area contributed by atoms with Gasteiger partial charge in [-0.15, -0.1) is 0 Å². The van der Waals surface area contributed by atoms with E-state index in [0.717, 1.165) is 32.4 Å². The van der Waals surface area contributed by atoms with Gasteiger partial charge in [-0.05, 0) is 50.2 Å². The van der Waals surface area contributed by atoms with E-state index in [1.165, 1.54) is 12.5 Å². The zero-order valence-corrected chi connectivity index (χ0v) is 13.4. The fraction of sp³-hybridized carbons (Fsp3) is 0.611. The second kappa shape index (κ2) is 8.89. The molecule has 1 fully saturated rings. The van der Waals surface area contributed by atoms with E-state index in [0.29, 0.717) is 30.9 Å². The Balaban J connectivity index is 1.64. The Morgan fingerprint density at radius 3 is 2.91 bits per heavy atom. The molecule has 3 nitrogen and oxygen atoms in total. The van der Waals surface area contributed by atoms with Gasteiger partial charge < -0.3 is 9.64 Å². The minimum Gasteiger partial charge on any atom is -0.378 e. The third kappa shape index (κ3) is 5.41. The minimum atomic E-state index is -0.183. The Kier molecular flexibility index (Phi) is 6.84. The fourth-order valence-corrected chi connectivity index (χ4v) is 2.82. The molecule has 0 N–H and O–H groups in total. The maximum Gasteiger partial charge on any atom is 0.222 e. The van der Waals surface area contributed by atoms with Gasteiger partial charge in [0, 0.05) is 26.6 Å². The van der Waals surface area contributed by atoms with Gasteiger partial charge in [0.2, 0.25) is 5.91 Å². The molecule has 1 heterocycles. The van der Waals surface area contributed by atoms with Crippen molar-refractivity contribution in [2.75, 3.05) is 20.2 Å². The molecule has 0 radical (unpaired) electrons. The maximum atomic E-state index is 13.5. The van der Waals surface area contributed by atoms with Crippen LogP contribution in [0.3, 0.4) is 0 Å². The van der Waals surface area contributed by atoms with Crippen molar-refractivity contribution < 1.29 is 13.9 Å². The topological polar surface area (TPSA) is 29.5 Å². The lowest BCUT2D eigenvalue weighted by Crippen LogP contribution is -2.31. The zero-order chi connectivity index (χ0) is 15.8. The summed E-state index contributed by atoms with van der Waals surface area (Å²) in [5.41, 5.74) is 0.688. The SMILES string of the molecule is CN(CCC1CCCCO1)C(=O)CCCc1ccccc1F. The van der Waals surface area contributed by atoms with Crippen LogP contribution >= 0.6 is 0 Å². The molecule has 4 heteroatoms. The molecular weight excluding hydrogens is 281 g/mol. The number of rotatable bonds is 7. The van der Waals surface area contributed by atoms with Crippen LogP contribution in [0.15, 0.2) is 24.3 Å². The molecule has 1 atom stereocenters. The fourth-order valence-electron chi connectivity index (χ4n) is 2.82. The first-order valence-corrected chi connectivity index (χ1v) is 8.26. The van der Waals surface area contributed by atoms with E-state index < -0.39 is 0 Å². The molecule has 1 aliphatic rings. The predicted octanol–water partition coefficient (Wildman–Crippen LogP) is 3.57. The average molecular weight is 307 g/mol. The van der Waals surface area contributed by atoms with Crippen LogP contribution in [0.25, 0.3) is 0 Å². The van der Waals surface area contributed by atoms with Crippen LogP contribution in [0.2, 0.25) is 0 Å². The van der Waals surface area contributed by atoms with Crippen LogP contribution < -0.4 is 0 Å². The minimum absolute atomic E-state index is 0.132. The summed E-state index contributed by atoms with van der Waals surface area (Å²) < 4.78 is 19.2. The van der Waals surface area contributed by atoms with Gasteiger partial charge in [0.15, 0.2) is 0 Å². The van der Waals surface area contributed by atoms with Crippen molar-refractivity contribution in [1.29, 1.82) is 0 Å². The monoisotopic (exact) mass is 307 g/mol. The normalized spacial score (nSPS) is 18.2. The van der Waals surface area contributed by atoms with Crippen LogP contribution in [0, 0.1) is 5.82 Å². The molecule has 1 amide bonds. The smallest absolute Gasteiger partial charge is 0.222 e. The summed E-state index contributed by atoms with van der Waals surface area (Å²) in [6, 6.07) is 6.76. The lowest BCUT2D eigenvalue weighted by Gasteiger charge is -2.25. The molecule has 0 aromatic heterocycles. The molecule has 0 aliphatic carbocycles. The van der Waals surface area contributed by atoms with Crippen molar-refractivity contribution in [1.82, 2.24) is 4.90 Å². The molecule has 1 aromatic rings. The number of nitrogens with zero attached hydrogens (tertiary/aromatic N) is 1. The molecule has 0 spiro atoms. The van der Waals surface area contributed by atoms with Crippen molar-refractivity contribution in [3.8, 4) is 0 Å². The van der Waals surface area contributed by atoms with Gasteiger partial charge in [0.05, 0.1) is 6.10 Å². The Labute approximate surface area is 132 Å². The van der Waals surface area contributed by atoms with Gasteiger partial charge in [0.1, 0.15) is 5.82 Å². The van der Waals surface area contributed by atoms with Gasteiger partial charge in [-0.3, -0.25) is 4.79 Å². The number of hydrogen-bond acceptors (Lipinski definition) is 2. The molecule has 122 valence electrons. The standard InChI is InChI=1S/C18H26FNO2/c1-20(13-12-16-9-4-5-14-22-16)18(21)11-6-8-15-7-2-3-10-17(15)19/h2-3,7,10,16H,4-6,8-9,11-14H2,1H3. The molecule has 2 rings (SSSR count). The molecule has 1 unspecified atom stereocenters. The number of benzene rings is 1. The number of ether oxygens (including phenoxy) is 1. The molecule has 0 saturated carbocycles. The van der Waals surface area contributed by atoms with E-state index in [4.69, 9.17) is 4.74 Å². The first-order chi connectivity index (χ1) is 10.7. The van der Waals surface area contributed by atoms with Gasteiger partial charge in [-0.25, -0.2) is 4.39 Å². The van der Waals surface area contributed by atoms with E-state index in [-0.39, 0.29) is 11.7 Å². The quantitative estimate of drug-likeness (QED) is 0.771. The van der Waals surface area contributed by atoms with Gasteiger partial charge >= 0.3 is 0 Å². The Morgan fingerprint density at radius 1 is 1.36 bits per heavy atom. The Bertz CT molecular complexity index is 472. The highest BCUT2D eigenvalue weighted by Gasteiger charge is 2.16. The number of amides is 1. The summed E-state index contributed by atoms with van der Waals surface area (Å²) in [6.07, 6.45) is 6.47. The maximum absolute atomic E-state index is 13.5. The largest absolute Gasteiger partial charge is 0.378 e. The van der Waals surface area contributed by atoms with Crippen molar-refractivity contribution in [2.24, 2.45) is 0 Å². The summed E-state index contributed by atoms with van der Waals surface area (Å²) in [4.78, 5) is 13.9. The second-order valence-electron chi connectivity index (χ2n) is 6.04. The highest BCUT2D eigenvalue weighted by molar-refractivity contribution is 5.75. The van der Waals surface area contributed by atoms with Gasteiger partial charge in [0.25, 0.3) is 0 Å². The third-order valence-corrected chi connectivity index (χ3v) is 4.28. The van der Waals surface area contributed by atoms with Crippen LogP contribution in [0.4, 0.5) is 4.39 Å². The van der Waals surface area contributed by atoms with Crippen LogP contribution in [-0.2, 0) is 16.0 Å². The van der Waals surface area contributed by atoms with Gasteiger partial charge in [-0.1, -0.05) is 18.2 Å². The lowest BCUT2D eigenvalue weighted by atomic mass is 10.1. The van der Waals surface area contributed by atoms with Crippen molar-refractivity contribution in [3.05, 3.63) is 35.6 Å². The van der Waals surface area contributed by atoms with E-state index in [2.05, 4.69) is 0 Å². The van der Waals surface area contributed by atoms with Gasteiger partial charge in [-0.2, -0.15) is 0 Å². The molecular formula is C18H26FNO2. The Hall–Kier alpha value is -1.42. The van der Waals surface area contributed by atoms with Crippen LogP contribution in [0.1, 0.15) is 44.1 Å². The number of halogens is 1. The van der Waals surface area contributed by atoms with Crippen molar-refractivity contribution in [2.45, 2.75) is 51.0 Å². The highest BCUT2D eigenvalue weighted by atomic mass is 19.1. The third-order valence-electron chi connectivity index (χ3n) is 4.28. The van der Waals surface area contributed by atoms with E-state index in [1.807, 2.05) is 13.1 Å². The van der Waals surface area contributed by atoms with Crippen molar-refractivity contribution in [3.63, 3.8) is 0 Å². The molecule has 1 aliphatic heterocycles. The lowest BCUT2D eigenvalue weighted by molar-refractivity contribution is -0.130. The van der Waals surface area contributed by atoms with E-state index >= 15 is 0 Å². The van der Waals surface area contributed by atoms with Crippen LogP contribution in [-0.4, -0.2) is 37.1 Å². The Morgan fingerprint density at radius 2 is 2.18 bits per heavy atom. The number of carbonyl (C=O) groups excluding carboxylic acids is 1.